The predicted molar refractivity (Wildman–Crippen MR) is 83.6 cm³/mol. The summed E-state index contributed by atoms with van der Waals surface area (Å²) in [5.74, 6) is -2.15. The van der Waals surface area contributed by atoms with Crippen LogP contribution >= 0.6 is 11.8 Å². The van der Waals surface area contributed by atoms with Gasteiger partial charge in [0.2, 0.25) is 5.91 Å². The molecule has 0 N–H and O–H groups in total. The molecule has 0 unspecified atom stereocenters. The Labute approximate surface area is 135 Å². The zero-order valence-electron chi connectivity index (χ0n) is 12.0. The molecule has 2 rings (SSSR count). The maximum absolute atomic E-state index is 13.1. The van der Waals surface area contributed by atoms with E-state index in [2.05, 4.69) is 0 Å². The van der Waals surface area contributed by atoms with E-state index in [1.807, 2.05) is 0 Å². The van der Waals surface area contributed by atoms with Gasteiger partial charge in [-0.3, -0.25) is 14.9 Å². The summed E-state index contributed by atoms with van der Waals surface area (Å²) in [5.41, 5.74) is 0.442. The van der Waals surface area contributed by atoms with Crippen molar-refractivity contribution in [3.8, 4) is 0 Å². The number of carbonyl (C=O) groups is 1. The lowest BCUT2D eigenvalue weighted by Gasteiger charge is -2.17. The Bertz CT molecular complexity index is 738. The molecule has 0 aromatic heterocycles. The fourth-order valence-electron chi connectivity index (χ4n) is 1.75. The summed E-state index contributed by atoms with van der Waals surface area (Å²) in [7, 11) is 1.54. The van der Waals surface area contributed by atoms with E-state index in [1.54, 1.807) is 0 Å². The molecule has 0 saturated heterocycles. The van der Waals surface area contributed by atoms with Crippen LogP contribution in [-0.4, -0.2) is 23.6 Å². The van der Waals surface area contributed by atoms with Gasteiger partial charge in [0.05, 0.1) is 10.7 Å². The van der Waals surface area contributed by atoms with Crippen molar-refractivity contribution in [2.24, 2.45) is 0 Å². The Morgan fingerprint density at radius 3 is 2.39 bits per heavy atom. The van der Waals surface area contributed by atoms with Crippen molar-refractivity contribution in [1.82, 2.24) is 0 Å². The largest absolute Gasteiger partial charge is 0.315 e. The summed E-state index contributed by atoms with van der Waals surface area (Å²) in [4.78, 5) is 23.9. The monoisotopic (exact) mass is 338 g/mol. The van der Waals surface area contributed by atoms with Gasteiger partial charge in [0.1, 0.15) is 0 Å². The van der Waals surface area contributed by atoms with Gasteiger partial charge in [0.25, 0.3) is 5.69 Å². The molecule has 0 aliphatic rings. The topological polar surface area (TPSA) is 63.5 Å². The molecule has 0 aliphatic carbocycles. The molecular formula is C15H12F2N2O3S. The Kier molecular flexibility index (Phi) is 5.28. The minimum absolute atomic E-state index is 0.0263. The number of nitro benzene ring substituents is 1. The van der Waals surface area contributed by atoms with Gasteiger partial charge in [-0.15, -0.1) is 11.8 Å². The molecule has 0 spiro atoms. The maximum atomic E-state index is 13.1. The van der Waals surface area contributed by atoms with Crippen LogP contribution in [0.1, 0.15) is 0 Å². The van der Waals surface area contributed by atoms with Crippen LogP contribution in [0.15, 0.2) is 47.4 Å². The number of halogens is 2. The maximum Gasteiger partial charge on any atom is 0.269 e. The Hall–Kier alpha value is -2.48. The molecule has 5 nitrogen and oxygen atoms in total. The van der Waals surface area contributed by atoms with Gasteiger partial charge in [-0.1, -0.05) is 0 Å². The van der Waals surface area contributed by atoms with Crippen LogP contribution in [-0.2, 0) is 4.79 Å². The summed E-state index contributed by atoms with van der Waals surface area (Å²) in [5, 5.41) is 10.6. The van der Waals surface area contributed by atoms with Crippen molar-refractivity contribution in [2.45, 2.75) is 4.90 Å². The third-order valence-electron chi connectivity index (χ3n) is 3.08. The lowest BCUT2D eigenvalue weighted by molar-refractivity contribution is -0.384. The molecule has 0 heterocycles. The van der Waals surface area contributed by atoms with E-state index in [9.17, 15) is 23.7 Å². The van der Waals surface area contributed by atoms with E-state index >= 15 is 0 Å². The predicted octanol–water partition coefficient (Wildman–Crippen LogP) is 3.63. The van der Waals surface area contributed by atoms with E-state index < -0.39 is 16.6 Å². The highest BCUT2D eigenvalue weighted by atomic mass is 32.2. The second-order valence-electron chi connectivity index (χ2n) is 4.59. The third-order valence-corrected chi connectivity index (χ3v) is 4.05. The summed E-state index contributed by atoms with van der Waals surface area (Å²) in [6.45, 7) is 0. The Balaban J connectivity index is 1.99. The van der Waals surface area contributed by atoms with Crippen molar-refractivity contribution in [3.05, 3.63) is 64.2 Å². The first-order valence-corrected chi connectivity index (χ1v) is 7.46. The van der Waals surface area contributed by atoms with Crippen molar-refractivity contribution in [2.75, 3.05) is 17.7 Å². The number of nitro groups is 1. The van der Waals surface area contributed by atoms with Gasteiger partial charge in [-0.25, -0.2) is 8.78 Å². The Morgan fingerprint density at radius 2 is 1.83 bits per heavy atom. The number of hydrogen-bond acceptors (Lipinski definition) is 4. The first kappa shape index (κ1) is 16.9. The first-order valence-electron chi connectivity index (χ1n) is 6.47. The quantitative estimate of drug-likeness (QED) is 0.474. The van der Waals surface area contributed by atoms with Crippen LogP contribution in [0.4, 0.5) is 20.2 Å². The number of anilines is 1. The van der Waals surface area contributed by atoms with E-state index in [0.717, 1.165) is 23.9 Å². The molecule has 2 aromatic rings. The standard InChI is InChI=1S/C15H12F2N2O3S/c1-18(10-2-4-11(5-3-10)19(21)22)15(20)9-23-12-6-7-13(16)14(17)8-12/h2-8H,9H2,1H3. The van der Waals surface area contributed by atoms with Crippen molar-refractivity contribution in [1.29, 1.82) is 0 Å². The lowest BCUT2D eigenvalue weighted by Crippen LogP contribution is -2.27. The normalized spacial score (nSPS) is 10.4. The second kappa shape index (κ2) is 7.19. The van der Waals surface area contributed by atoms with Crippen LogP contribution < -0.4 is 4.90 Å². The number of hydrogen-bond donors (Lipinski definition) is 0. The molecular weight excluding hydrogens is 326 g/mol. The number of rotatable bonds is 5. The highest BCUT2D eigenvalue weighted by molar-refractivity contribution is 8.00. The smallest absolute Gasteiger partial charge is 0.269 e. The lowest BCUT2D eigenvalue weighted by atomic mass is 10.2. The zero-order chi connectivity index (χ0) is 17.0. The van der Waals surface area contributed by atoms with E-state index in [4.69, 9.17) is 0 Å². The highest BCUT2D eigenvalue weighted by Gasteiger charge is 2.13. The number of benzene rings is 2. The van der Waals surface area contributed by atoms with Crippen LogP contribution in [0.2, 0.25) is 0 Å². The van der Waals surface area contributed by atoms with E-state index in [0.29, 0.717) is 10.6 Å². The minimum atomic E-state index is -0.967. The number of carbonyl (C=O) groups excluding carboxylic acids is 1. The SMILES string of the molecule is CN(C(=O)CSc1ccc(F)c(F)c1)c1ccc([N+](=O)[O-])cc1. The molecule has 0 atom stereocenters. The summed E-state index contributed by atoms with van der Waals surface area (Å²) >= 11 is 1.08. The molecule has 0 radical (unpaired) electrons. The number of amides is 1. The molecule has 1 amide bonds. The van der Waals surface area contributed by atoms with Crippen LogP contribution in [0.25, 0.3) is 0 Å². The van der Waals surface area contributed by atoms with E-state index in [-0.39, 0.29) is 17.3 Å². The van der Waals surface area contributed by atoms with Crippen LogP contribution in [0.5, 0.6) is 0 Å². The molecule has 0 fully saturated rings. The van der Waals surface area contributed by atoms with Crippen molar-refractivity contribution < 1.29 is 18.5 Å². The summed E-state index contributed by atoms with van der Waals surface area (Å²) in [6, 6.07) is 8.98. The van der Waals surface area contributed by atoms with Gasteiger partial charge < -0.3 is 4.90 Å². The number of nitrogens with zero attached hydrogens (tertiary/aromatic N) is 2. The summed E-state index contributed by atoms with van der Waals surface area (Å²) in [6.07, 6.45) is 0. The fourth-order valence-corrected chi connectivity index (χ4v) is 2.59. The molecule has 23 heavy (non-hydrogen) atoms. The van der Waals surface area contributed by atoms with Gasteiger partial charge >= 0.3 is 0 Å². The fraction of sp³-hybridized carbons (Fsp3) is 0.133. The molecule has 2 aromatic carbocycles. The Morgan fingerprint density at radius 1 is 1.17 bits per heavy atom. The highest BCUT2D eigenvalue weighted by Crippen LogP contribution is 2.23. The first-order chi connectivity index (χ1) is 10.9. The van der Waals surface area contributed by atoms with Crippen molar-refractivity contribution in [3.63, 3.8) is 0 Å². The number of thioether (sulfide) groups is 1. The average Bonchev–Trinajstić information content (AvgIpc) is 2.55. The molecule has 8 heteroatoms. The van der Waals surface area contributed by atoms with Gasteiger partial charge in [0.15, 0.2) is 11.6 Å². The molecule has 0 bridgehead atoms. The van der Waals surface area contributed by atoms with Crippen LogP contribution in [0, 0.1) is 21.7 Å². The van der Waals surface area contributed by atoms with Gasteiger partial charge in [0, 0.05) is 29.8 Å². The second-order valence-corrected chi connectivity index (χ2v) is 5.64. The van der Waals surface area contributed by atoms with Crippen molar-refractivity contribution >= 4 is 29.0 Å². The summed E-state index contributed by atoms with van der Waals surface area (Å²) < 4.78 is 25.9. The molecule has 0 aliphatic heterocycles. The average molecular weight is 338 g/mol. The molecule has 120 valence electrons. The van der Waals surface area contributed by atoms with E-state index in [1.165, 1.54) is 42.3 Å². The molecule has 0 saturated carbocycles. The zero-order valence-corrected chi connectivity index (χ0v) is 12.8. The number of non-ortho nitro benzene ring substituents is 1. The van der Waals surface area contributed by atoms with Gasteiger partial charge in [-0.2, -0.15) is 0 Å². The minimum Gasteiger partial charge on any atom is -0.315 e. The third kappa shape index (κ3) is 4.26. The van der Waals surface area contributed by atoms with Crippen LogP contribution in [0.3, 0.4) is 0 Å². The van der Waals surface area contributed by atoms with Gasteiger partial charge in [-0.05, 0) is 30.3 Å².